The molecule has 0 bridgehead atoms. The molecule has 0 unspecified atom stereocenters. The van der Waals surface area contributed by atoms with Crippen LogP contribution in [0.4, 0.5) is 5.82 Å². The molecule has 30 heavy (non-hydrogen) atoms. The number of carbonyl (C=O) groups is 1. The maximum absolute atomic E-state index is 12.1. The van der Waals surface area contributed by atoms with Crippen LogP contribution in [0.5, 0.6) is 5.75 Å². The number of ether oxygens (including phenoxy) is 1. The molecule has 4 heterocycles. The van der Waals surface area contributed by atoms with Crippen molar-refractivity contribution < 1.29 is 9.53 Å². The van der Waals surface area contributed by atoms with Crippen LogP contribution in [-0.4, -0.2) is 58.7 Å². The van der Waals surface area contributed by atoms with E-state index in [1.165, 1.54) is 0 Å². The number of fused-ring (bicyclic) bond motifs is 1. The summed E-state index contributed by atoms with van der Waals surface area (Å²) in [5, 5.41) is 13.7. The van der Waals surface area contributed by atoms with Gasteiger partial charge in [0.2, 0.25) is 5.91 Å². The van der Waals surface area contributed by atoms with Crippen LogP contribution in [0.2, 0.25) is 0 Å². The van der Waals surface area contributed by atoms with Crippen LogP contribution in [0, 0.1) is 11.3 Å². The Morgan fingerprint density at radius 3 is 2.60 bits per heavy atom. The second-order valence-electron chi connectivity index (χ2n) is 7.22. The number of carbonyl (C=O) groups excluding carboxylic acids is 1. The first-order valence-corrected chi connectivity index (χ1v) is 9.63. The number of amides is 1. The molecule has 0 spiro atoms. The molecule has 0 N–H and O–H groups in total. The van der Waals surface area contributed by atoms with Gasteiger partial charge in [0, 0.05) is 49.1 Å². The fourth-order valence-electron chi connectivity index (χ4n) is 3.65. The summed E-state index contributed by atoms with van der Waals surface area (Å²) in [5.41, 5.74) is 3.48. The third-order valence-corrected chi connectivity index (χ3v) is 5.26. The third-order valence-electron chi connectivity index (χ3n) is 5.26. The molecule has 1 aliphatic rings. The number of rotatable bonds is 4. The van der Waals surface area contributed by atoms with Crippen molar-refractivity contribution in [1.29, 1.82) is 5.26 Å². The third kappa shape index (κ3) is 3.46. The predicted octanol–water partition coefficient (Wildman–Crippen LogP) is 2.50. The molecule has 3 aromatic heterocycles. The van der Waals surface area contributed by atoms with Crippen molar-refractivity contribution >= 4 is 17.2 Å². The van der Waals surface area contributed by atoms with Crippen LogP contribution in [-0.2, 0) is 4.79 Å². The van der Waals surface area contributed by atoms with Gasteiger partial charge >= 0.3 is 0 Å². The van der Waals surface area contributed by atoms with Crippen molar-refractivity contribution in [3.63, 3.8) is 0 Å². The van der Waals surface area contributed by atoms with E-state index in [1.807, 2.05) is 23.1 Å². The van der Waals surface area contributed by atoms with Gasteiger partial charge in [0.1, 0.15) is 17.6 Å². The Morgan fingerprint density at radius 1 is 1.23 bits per heavy atom. The smallest absolute Gasteiger partial charge is 0.249 e. The van der Waals surface area contributed by atoms with Crippen LogP contribution >= 0.6 is 0 Å². The van der Waals surface area contributed by atoms with Gasteiger partial charge in [-0.05, 0) is 25.1 Å². The van der Waals surface area contributed by atoms with Gasteiger partial charge in [0.15, 0.2) is 0 Å². The molecule has 3 aromatic rings. The average molecular weight is 402 g/mol. The van der Waals surface area contributed by atoms with Crippen LogP contribution < -0.4 is 9.64 Å². The number of methoxy groups -OCH3 is 1. The summed E-state index contributed by atoms with van der Waals surface area (Å²) in [6, 6.07) is 8.02. The first-order valence-electron chi connectivity index (χ1n) is 9.63. The van der Waals surface area contributed by atoms with Gasteiger partial charge in [0.05, 0.1) is 30.6 Å². The van der Waals surface area contributed by atoms with Crippen molar-refractivity contribution in [2.75, 3.05) is 38.2 Å². The van der Waals surface area contributed by atoms with E-state index < -0.39 is 0 Å². The van der Waals surface area contributed by atoms with Crippen molar-refractivity contribution in [2.24, 2.45) is 0 Å². The Bertz CT molecular complexity index is 1150. The van der Waals surface area contributed by atoms with E-state index in [1.54, 1.807) is 37.1 Å². The summed E-state index contributed by atoms with van der Waals surface area (Å²) in [4.78, 5) is 20.7. The molecule has 0 aromatic carbocycles. The highest BCUT2D eigenvalue weighted by Gasteiger charge is 2.22. The second-order valence-corrected chi connectivity index (χ2v) is 7.22. The van der Waals surface area contributed by atoms with Gasteiger partial charge in [-0.3, -0.25) is 4.79 Å². The molecule has 0 saturated carbocycles. The standard InChI is InChI=1S/C22H22N6O2/c1-15(2)22(29)27-8-6-26(7-9-27)20-5-4-16(12-24-20)19-10-18(30-3)14-28-21(19)17(11-23)13-25-28/h4-5,10,12-14H,1,6-9H2,2-3H3. The van der Waals surface area contributed by atoms with Gasteiger partial charge in [-0.25, -0.2) is 9.50 Å². The number of hydrogen-bond donors (Lipinski definition) is 0. The molecular formula is C22H22N6O2. The number of nitrogens with zero attached hydrogens (tertiary/aromatic N) is 6. The monoisotopic (exact) mass is 402 g/mol. The minimum absolute atomic E-state index is 0.00843. The Kier molecular flexibility index (Phi) is 5.11. The highest BCUT2D eigenvalue weighted by molar-refractivity contribution is 5.92. The van der Waals surface area contributed by atoms with Crippen LogP contribution in [0.15, 0.2) is 48.9 Å². The van der Waals surface area contributed by atoms with Crippen molar-refractivity contribution in [1.82, 2.24) is 19.5 Å². The molecule has 1 fully saturated rings. The molecule has 0 aliphatic carbocycles. The summed E-state index contributed by atoms with van der Waals surface area (Å²) < 4.78 is 7.03. The maximum Gasteiger partial charge on any atom is 0.249 e. The molecule has 1 amide bonds. The molecule has 8 heteroatoms. The van der Waals surface area contributed by atoms with Gasteiger partial charge in [-0.1, -0.05) is 6.58 Å². The predicted molar refractivity (Wildman–Crippen MR) is 113 cm³/mol. The Hall–Kier alpha value is -3.86. The van der Waals surface area contributed by atoms with Gasteiger partial charge in [0.25, 0.3) is 0 Å². The zero-order valence-corrected chi connectivity index (χ0v) is 17.0. The minimum Gasteiger partial charge on any atom is -0.495 e. The zero-order valence-electron chi connectivity index (χ0n) is 17.0. The number of pyridine rings is 2. The van der Waals surface area contributed by atoms with Crippen molar-refractivity contribution in [3.05, 3.63) is 54.5 Å². The summed E-state index contributed by atoms with van der Waals surface area (Å²) in [6.45, 7) is 8.20. The largest absolute Gasteiger partial charge is 0.495 e. The van der Waals surface area contributed by atoms with E-state index in [-0.39, 0.29) is 5.91 Å². The number of anilines is 1. The highest BCUT2D eigenvalue weighted by Crippen LogP contribution is 2.31. The number of aromatic nitrogens is 3. The number of piperazine rings is 1. The summed E-state index contributed by atoms with van der Waals surface area (Å²) >= 11 is 0. The summed E-state index contributed by atoms with van der Waals surface area (Å²) in [6.07, 6.45) is 5.09. The lowest BCUT2D eigenvalue weighted by Gasteiger charge is -2.35. The lowest BCUT2D eigenvalue weighted by molar-refractivity contribution is -0.127. The van der Waals surface area contributed by atoms with E-state index in [4.69, 9.17) is 4.74 Å². The van der Waals surface area contributed by atoms with E-state index >= 15 is 0 Å². The summed E-state index contributed by atoms with van der Waals surface area (Å²) in [7, 11) is 1.60. The Labute approximate surface area is 174 Å². The Morgan fingerprint density at radius 2 is 2.00 bits per heavy atom. The molecule has 0 atom stereocenters. The van der Waals surface area contributed by atoms with Gasteiger partial charge < -0.3 is 14.5 Å². The molecular weight excluding hydrogens is 380 g/mol. The quantitative estimate of drug-likeness (QED) is 0.623. The first kappa shape index (κ1) is 19.5. The first-order chi connectivity index (χ1) is 14.5. The topological polar surface area (TPSA) is 86.8 Å². The van der Waals surface area contributed by atoms with Gasteiger partial charge in [-0.15, -0.1) is 0 Å². The fraction of sp³-hybridized carbons (Fsp3) is 0.273. The van der Waals surface area contributed by atoms with Crippen LogP contribution in [0.1, 0.15) is 12.5 Å². The van der Waals surface area contributed by atoms with Crippen LogP contribution in [0.25, 0.3) is 16.6 Å². The normalized spacial score (nSPS) is 13.9. The van der Waals surface area contributed by atoms with E-state index in [9.17, 15) is 10.1 Å². The molecule has 4 rings (SSSR count). The maximum atomic E-state index is 12.1. The lowest BCUT2D eigenvalue weighted by Crippen LogP contribution is -2.49. The number of nitriles is 1. The SMILES string of the molecule is C=C(C)C(=O)N1CCN(c2ccc(-c3cc(OC)cn4ncc(C#N)c34)cn2)CC1. The van der Waals surface area contributed by atoms with Crippen LogP contribution in [0.3, 0.4) is 0 Å². The minimum atomic E-state index is 0.00843. The summed E-state index contributed by atoms with van der Waals surface area (Å²) in [5.74, 6) is 1.51. The lowest BCUT2D eigenvalue weighted by atomic mass is 10.1. The zero-order chi connectivity index (χ0) is 21.3. The Balaban J connectivity index is 1.59. The molecule has 152 valence electrons. The van der Waals surface area contributed by atoms with Crippen molar-refractivity contribution in [2.45, 2.75) is 6.92 Å². The molecule has 1 aliphatic heterocycles. The average Bonchev–Trinajstić information content (AvgIpc) is 3.21. The van der Waals surface area contributed by atoms with Gasteiger partial charge in [-0.2, -0.15) is 10.4 Å². The molecule has 1 saturated heterocycles. The second kappa shape index (κ2) is 7.87. The molecule has 0 radical (unpaired) electrons. The van der Waals surface area contributed by atoms with Crippen molar-refractivity contribution in [3.8, 4) is 22.9 Å². The highest BCUT2D eigenvalue weighted by atomic mass is 16.5. The van der Waals surface area contributed by atoms with E-state index in [0.29, 0.717) is 30.0 Å². The fourth-order valence-corrected chi connectivity index (χ4v) is 3.65. The van der Waals surface area contributed by atoms with E-state index in [0.717, 1.165) is 35.6 Å². The van der Waals surface area contributed by atoms with E-state index in [2.05, 4.69) is 27.6 Å². The number of hydrogen-bond acceptors (Lipinski definition) is 6. The molecule has 8 nitrogen and oxygen atoms in total.